The van der Waals surface area contributed by atoms with Gasteiger partial charge in [0, 0.05) is 23.3 Å². The lowest BCUT2D eigenvalue weighted by atomic mass is 10.0. The Morgan fingerprint density at radius 2 is 2.11 bits per heavy atom. The van der Waals surface area contributed by atoms with Gasteiger partial charge in [0.2, 0.25) is 0 Å². The Kier molecular flexibility index (Phi) is 4.48. The fourth-order valence-corrected chi connectivity index (χ4v) is 2.55. The zero-order valence-electron chi connectivity index (χ0n) is 10.7. The minimum absolute atomic E-state index is 0.00359. The summed E-state index contributed by atoms with van der Waals surface area (Å²) in [7, 11) is 0. The number of anilines is 1. The number of nitrogens with zero attached hydrogens (tertiary/aromatic N) is 1. The highest BCUT2D eigenvalue weighted by molar-refractivity contribution is 6.30. The number of hydrogen-bond acceptors (Lipinski definition) is 1. The third kappa shape index (κ3) is 3.16. The molecule has 1 fully saturated rings. The molecule has 18 heavy (non-hydrogen) atoms. The summed E-state index contributed by atoms with van der Waals surface area (Å²) < 4.78 is 0. The van der Waals surface area contributed by atoms with Crippen molar-refractivity contribution in [2.75, 3.05) is 11.9 Å². The summed E-state index contributed by atoms with van der Waals surface area (Å²) in [5, 5.41) is 3.61. The Morgan fingerprint density at radius 1 is 1.39 bits per heavy atom. The Bertz CT molecular complexity index is 405. The maximum Gasteiger partial charge on any atom is 0.322 e. The van der Waals surface area contributed by atoms with Crippen molar-refractivity contribution in [3.05, 3.63) is 29.3 Å². The fraction of sp³-hybridized carbons (Fsp3) is 0.500. The van der Waals surface area contributed by atoms with Gasteiger partial charge in [0.15, 0.2) is 0 Å². The molecule has 0 bridgehead atoms. The van der Waals surface area contributed by atoms with Gasteiger partial charge in [-0.1, -0.05) is 18.5 Å². The van der Waals surface area contributed by atoms with Gasteiger partial charge >= 0.3 is 6.03 Å². The van der Waals surface area contributed by atoms with E-state index >= 15 is 0 Å². The lowest BCUT2D eigenvalue weighted by Crippen LogP contribution is -2.45. The number of likely N-dealkylation sites (tertiary alicyclic amines) is 1. The van der Waals surface area contributed by atoms with E-state index in [9.17, 15) is 4.79 Å². The second kappa shape index (κ2) is 6.10. The van der Waals surface area contributed by atoms with Crippen LogP contribution in [0, 0.1) is 0 Å². The third-order valence-corrected chi connectivity index (χ3v) is 3.71. The van der Waals surface area contributed by atoms with Gasteiger partial charge in [-0.05, 0) is 49.9 Å². The molecule has 1 aromatic rings. The summed E-state index contributed by atoms with van der Waals surface area (Å²) in [6.45, 7) is 3.00. The van der Waals surface area contributed by atoms with Crippen LogP contribution in [-0.2, 0) is 0 Å². The smallest absolute Gasteiger partial charge is 0.322 e. The molecule has 1 saturated heterocycles. The van der Waals surface area contributed by atoms with Gasteiger partial charge in [-0.2, -0.15) is 0 Å². The summed E-state index contributed by atoms with van der Waals surface area (Å²) in [4.78, 5) is 14.2. The van der Waals surface area contributed by atoms with E-state index < -0.39 is 0 Å². The third-order valence-electron chi connectivity index (χ3n) is 3.45. The molecule has 4 heteroatoms. The zero-order valence-corrected chi connectivity index (χ0v) is 11.4. The maximum absolute atomic E-state index is 12.2. The van der Waals surface area contributed by atoms with Gasteiger partial charge in [0.05, 0.1) is 0 Å². The van der Waals surface area contributed by atoms with Crippen LogP contribution < -0.4 is 5.32 Å². The lowest BCUT2D eigenvalue weighted by molar-refractivity contribution is 0.160. The summed E-state index contributed by atoms with van der Waals surface area (Å²) in [6, 6.07) is 7.60. The number of rotatable bonds is 2. The topological polar surface area (TPSA) is 32.3 Å². The van der Waals surface area contributed by atoms with Gasteiger partial charge in [-0.15, -0.1) is 0 Å². The average molecular weight is 267 g/mol. The van der Waals surface area contributed by atoms with Crippen molar-refractivity contribution in [1.29, 1.82) is 0 Å². The van der Waals surface area contributed by atoms with Crippen molar-refractivity contribution in [3.63, 3.8) is 0 Å². The first-order chi connectivity index (χ1) is 8.70. The molecular weight excluding hydrogens is 248 g/mol. The van der Waals surface area contributed by atoms with Gasteiger partial charge in [0.25, 0.3) is 0 Å². The van der Waals surface area contributed by atoms with Crippen LogP contribution in [0.1, 0.15) is 32.6 Å². The molecule has 0 spiro atoms. The largest absolute Gasteiger partial charge is 0.322 e. The molecule has 1 aromatic carbocycles. The van der Waals surface area contributed by atoms with Crippen molar-refractivity contribution < 1.29 is 4.79 Å². The predicted molar refractivity (Wildman–Crippen MR) is 75.1 cm³/mol. The highest BCUT2D eigenvalue weighted by Crippen LogP contribution is 2.21. The van der Waals surface area contributed by atoms with Crippen LogP contribution in [0.4, 0.5) is 10.5 Å². The number of halogens is 1. The SMILES string of the molecule is CC[C@H]1CCCCN1C(=O)Nc1ccc(Cl)cc1. The number of carbonyl (C=O) groups is 1. The summed E-state index contributed by atoms with van der Waals surface area (Å²) in [5.74, 6) is 0. The predicted octanol–water partition coefficient (Wildman–Crippen LogP) is 4.14. The molecule has 98 valence electrons. The van der Waals surface area contributed by atoms with Crippen molar-refractivity contribution in [1.82, 2.24) is 4.90 Å². The number of hydrogen-bond donors (Lipinski definition) is 1. The lowest BCUT2D eigenvalue weighted by Gasteiger charge is -2.35. The molecule has 1 heterocycles. The summed E-state index contributed by atoms with van der Waals surface area (Å²) in [5.41, 5.74) is 0.796. The molecule has 3 nitrogen and oxygen atoms in total. The summed E-state index contributed by atoms with van der Waals surface area (Å²) >= 11 is 5.82. The molecule has 0 aliphatic carbocycles. The molecule has 0 aromatic heterocycles. The van der Waals surface area contributed by atoms with Crippen LogP contribution in [0.5, 0.6) is 0 Å². The normalized spacial score (nSPS) is 19.7. The highest BCUT2D eigenvalue weighted by Gasteiger charge is 2.25. The monoisotopic (exact) mass is 266 g/mol. The van der Waals surface area contributed by atoms with Crippen LogP contribution >= 0.6 is 11.6 Å². The second-order valence-corrected chi connectivity index (χ2v) is 5.12. The first kappa shape index (κ1) is 13.2. The van der Waals surface area contributed by atoms with Crippen LogP contribution in [0.3, 0.4) is 0 Å². The highest BCUT2D eigenvalue weighted by atomic mass is 35.5. The van der Waals surface area contributed by atoms with Crippen molar-refractivity contribution in [2.24, 2.45) is 0 Å². The Hall–Kier alpha value is -1.22. The van der Waals surface area contributed by atoms with Crippen LogP contribution in [0.2, 0.25) is 5.02 Å². The average Bonchev–Trinajstić information content (AvgIpc) is 2.41. The van der Waals surface area contributed by atoms with Crippen molar-refractivity contribution >= 4 is 23.3 Å². The van der Waals surface area contributed by atoms with Crippen LogP contribution in [-0.4, -0.2) is 23.5 Å². The molecule has 1 aliphatic heterocycles. The number of urea groups is 1. The van der Waals surface area contributed by atoms with Crippen LogP contribution in [0.15, 0.2) is 24.3 Å². The number of nitrogens with one attached hydrogen (secondary N) is 1. The van der Waals surface area contributed by atoms with E-state index in [1.54, 1.807) is 12.1 Å². The molecular formula is C14H19ClN2O. The van der Waals surface area contributed by atoms with Crippen LogP contribution in [0.25, 0.3) is 0 Å². The second-order valence-electron chi connectivity index (χ2n) is 4.69. The quantitative estimate of drug-likeness (QED) is 0.857. The molecule has 1 aliphatic rings. The van der Waals surface area contributed by atoms with Crippen molar-refractivity contribution in [3.8, 4) is 0 Å². The van der Waals surface area contributed by atoms with Gasteiger partial charge < -0.3 is 10.2 Å². The Morgan fingerprint density at radius 3 is 2.78 bits per heavy atom. The van der Waals surface area contributed by atoms with Crippen molar-refractivity contribution in [2.45, 2.75) is 38.6 Å². The Labute approximate surface area is 113 Å². The van der Waals surface area contributed by atoms with E-state index in [2.05, 4.69) is 12.2 Å². The molecule has 0 radical (unpaired) electrons. The first-order valence-corrected chi connectivity index (χ1v) is 6.91. The van der Waals surface area contributed by atoms with E-state index in [1.165, 1.54) is 6.42 Å². The number of benzene rings is 1. The van der Waals surface area contributed by atoms with Gasteiger partial charge in [-0.3, -0.25) is 0 Å². The van der Waals surface area contributed by atoms with E-state index in [0.717, 1.165) is 31.5 Å². The standard InChI is InChI=1S/C14H19ClN2O/c1-2-13-5-3-4-10-17(13)14(18)16-12-8-6-11(15)7-9-12/h6-9,13H,2-5,10H2,1H3,(H,16,18)/t13-/m0/s1. The number of amides is 2. The maximum atomic E-state index is 12.2. The zero-order chi connectivity index (χ0) is 13.0. The van der Waals surface area contributed by atoms with E-state index in [0.29, 0.717) is 11.1 Å². The molecule has 0 saturated carbocycles. The van der Waals surface area contributed by atoms with E-state index in [1.807, 2.05) is 17.0 Å². The van der Waals surface area contributed by atoms with Gasteiger partial charge in [-0.25, -0.2) is 4.79 Å². The molecule has 2 rings (SSSR count). The molecule has 1 N–H and O–H groups in total. The first-order valence-electron chi connectivity index (χ1n) is 6.54. The minimum atomic E-state index is 0.00359. The molecule has 2 amide bonds. The molecule has 0 unspecified atom stereocenters. The number of carbonyl (C=O) groups excluding carboxylic acids is 1. The Balaban J connectivity index is 2.00. The summed E-state index contributed by atoms with van der Waals surface area (Å²) in [6.07, 6.45) is 4.46. The fourth-order valence-electron chi connectivity index (χ4n) is 2.42. The van der Waals surface area contributed by atoms with E-state index in [-0.39, 0.29) is 6.03 Å². The minimum Gasteiger partial charge on any atom is -0.322 e. The van der Waals surface area contributed by atoms with Gasteiger partial charge in [0.1, 0.15) is 0 Å². The molecule has 1 atom stereocenters. The van der Waals surface area contributed by atoms with E-state index in [4.69, 9.17) is 11.6 Å². The number of piperidine rings is 1.